The van der Waals surface area contributed by atoms with Crippen molar-refractivity contribution in [2.24, 2.45) is 0 Å². The van der Waals surface area contributed by atoms with E-state index in [0.717, 1.165) is 39.3 Å². The first-order valence-electron chi connectivity index (χ1n) is 29.4. The van der Waals surface area contributed by atoms with Gasteiger partial charge < -0.3 is 9.47 Å². The Morgan fingerprint density at radius 2 is 0.845 bits per heavy atom. The molecule has 14 aromatic rings. The zero-order valence-corrected chi connectivity index (χ0v) is 46.8. The fourth-order valence-electron chi connectivity index (χ4n) is 15.2. The Morgan fingerprint density at radius 1 is 0.310 bits per heavy atom. The molecule has 0 fully saturated rings. The lowest BCUT2D eigenvalue weighted by molar-refractivity contribution is 0.662. The van der Waals surface area contributed by atoms with E-state index in [-0.39, 0.29) is 5.41 Å². The van der Waals surface area contributed by atoms with E-state index in [9.17, 15) is 0 Å². The summed E-state index contributed by atoms with van der Waals surface area (Å²) in [5, 5.41) is 2.56. The highest BCUT2D eigenvalue weighted by Crippen LogP contribution is 2.62. The molecule has 2 aliphatic carbocycles. The SMILES string of the molecule is CC1(C)c2cccc3c2-c2c1c(-c1ccc(-c4ccccc4N(c4ccc5c(c4)-c4ccccc4C5(c4ccccc4)c4ccccc4)c4ccc(-c5ccccc5)cc4-c4ccccc4)cc1)cc1c4ccccc4n(c21)-c1ccccc1-3. The lowest BCUT2D eigenvalue weighted by Crippen LogP contribution is -2.28. The average Bonchev–Trinajstić information content (AvgIpc) is 1.57. The quantitative estimate of drug-likeness (QED) is 0.140. The van der Waals surface area contributed by atoms with E-state index in [1.54, 1.807) is 0 Å². The van der Waals surface area contributed by atoms with Gasteiger partial charge in [0, 0.05) is 44.1 Å². The van der Waals surface area contributed by atoms with Gasteiger partial charge in [0.15, 0.2) is 0 Å². The van der Waals surface area contributed by atoms with Crippen LogP contribution in [0.2, 0.25) is 0 Å². The van der Waals surface area contributed by atoms with Crippen molar-refractivity contribution in [3.05, 3.63) is 337 Å². The molecule has 0 saturated carbocycles. The normalized spacial score (nSPS) is 13.5. The number of rotatable bonds is 9. The molecular weight excluding hydrogens is 1010 g/mol. The molecule has 0 bridgehead atoms. The summed E-state index contributed by atoms with van der Waals surface area (Å²) >= 11 is 0. The second kappa shape index (κ2) is 18.5. The summed E-state index contributed by atoms with van der Waals surface area (Å²) in [4.78, 5) is 2.53. The van der Waals surface area contributed by atoms with Gasteiger partial charge in [-0.05, 0) is 138 Å². The van der Waals surface area contributed by atoms with Crippen LogP contribution >= 0.6 is 0 Å². The Kier molecular flexibility index (Phi) is 10.6. The molecule has 1 aliphatic heterocycles. The predicted molar refractivity (Wildman–Crippen MR) is 351 cm³/mol. The molecule has 0 N–H and O–H groups in total. The minimum Gasteiger partial charge on any atom is -0.309 e. The van der Waals surface area contributed by atoms with Crippen LogP contribution in [-0.2, 0) is 10.8 Å². The highest BCUT2D eigenvalue weighted by atomic mass is 15.1. The Morgan fingerprint density at radius 3 is 1.58 bits per heavy atom. The van der Waals surface area contributed by atoms with Crippen molar-refractivity contribution in [3.63, 3.8) is 0 Å². The molecule has 2 nitrogen and oxygen atoms in total. The number of hydrogen-bond acceptors (Lipinski definition) is 1. The van der Waals surface area contributed by atoms with E-state index >= 15 is 0 Å². The molecule has 2 heteroatoms. The topological polar surface area (TPSA) is 8.17 Å². The summed E-state index contributed by atoms with van der Waals surface area (Å²) in [5.74, 6) is 0. The molecule has 3 aliphatic rings. The standard InChI is InChI=1S/C82H56N2/c1-81(2)72-38-23-36-65-63-34-17-21-40-74(63)84-75-41-22-18-35-64(75)69-52-67(79(81)78(77(65)72)80(69)84)56-44-42-55(43-45-56)61-32-16-20-39-73(61)83(76-49-46-57(53-24-7-3-8-25-53)50-66(76)54-26-9-4-10-27-54)60-47-48-71-68(51-60)62-33-15-19-37-70(62)82(71,58-28-11-5-12-29-58)59-30-13-6-14-31-59/h3-52H,1-2H3. The Bertz CT molecular complexity index is 4910. The fraction of sp³-hybridized carbons (Fsp3) is 0.0488. The highest BCUT2D eigenvalue weighted by Gasteiger charge is 2.47. The van der Waals surface area contributed by atoms with E-state index < -0.39 is 5.41 Å². The first-order chi connectivity index (χ1) is 41.5. The molecule has 0 amide bonds. The Labute approximate surface area is 490 Å². The lowest BCUT2D eigenvalue weighted by atomic mass is 9.68. The van der Waals surface area contributed by atoms with Crippen LogP contribution < -0.4 is 4.90 Å². The van der Waals surface area contributed by atoms with Gasteiger partial charge in [0.25, 0.3) is 0 Å². The number of anilines is 3. The van der Waals surface area contributed by atoms with Crippen LogP contribution in [-0.4, -0.2) is 4.57 Å². The summed E-state index contributed by atoms with van der Waals surface area (Å²) in [6.45, 7) is 4.88. The molecule has 0 unspecified atom stereocenters. The van der Waals surface area contributed by atoms with E-state index in [0.29, 0.717) is 0 Å². The number of fused-ring (bicyclic) bond motifs is 9. The smallest absolute Gasteiger partial charge is 0.0713 e. The monoisotopic (exact) mass is 1070 g/mol. The second-order valence-electron chi connectivity index (χ2n) is 23.4. The Hall–Kier alpha value is -10.5. The zero-order valence-electron chi connectivity index (χ0n) is 46.8. The second-order valence-corrected chi connectivity index (χ2v) is 23.4. The molecular formula is C82H56N2. The van der Waals surface area contributed by atoms with Crippen molar-refractivity contribution in [1.82, 2.24) is 4.57 Å². The van der Waals surface area contributed by atoms with E-state index in [4.69, 9.17) is 0 Å². The molecule has 394 valence electrons. The number of aromatic nitrogens is 1. The van der Waals surface area contributed by atoms with Crippen LogP contribution in [0.1, 0.15) is 47.2 Å². The van der Waals surface area contributed by atoms with Gasteiger partial charge in [0.2, 0.25) is 0 Å². The minimum absolute atomic E-state index is 0.256. The van der Waals surface area contributed by atoms with Gasteiger partial charge in [-0.25, -0.2) is 0 Å². The molecule has 17 rings (SSSR count). The summed E-state index contributed by atoms with van der Waals surface area (Å²) < 4.78 is 2.56. The van der Waals surface area contributed by atoms with Gasteiger partial charge >= 0.3 is 0 Å². The molecule has 0 radical (unpaired) electrons. The van der Waals surface area contributed by atoms with Gasteiger partial charge in [-0.3, -0.25) is 0 Å². The van der Waals surface area contributed by atoms with Crippen LogP contribution in [0, 0.1) is 0 Å². The summed E-state index contributed by atoms with van der Waals surface area (Å²) in [5.41, 5.74) is 31.3. The maximum absolute atomic E-state index is 2.56. The highest BCUT2D eigenvalue weighted by molar-refractivity contribution is 6.20. The minimum atomic E-state index is -0.521. The van der Waals surface area contributed by atoms with Crippen molar-refractivity contribution >= 4 is 38.9 Å². The van der Waals surface area contributed by atoms with Crippen molar-refractivity contribution < 1.29 is 0 Å². The van der Waals surface area contributed by atoms with Crippen molar-refractivity contribution in [2.45, 2.75) is 24.7 Å². The van der Waals surface area contributed by atoms with E-state index in [1.807, 2.05) is 0 Å². The third kappa shape index (κ3) is 6.86. The van der Waals surface area contributed by atoms with Crippen molar-refractivity contribution in [1.29, 1.82) is 0 Å². The van der Waals surface area contributed by atoms with E-state index in [1.165, 1.54) is 117 Å². The van der Waals surface area contributed by atoms with Crippen LogP contribution in [0.15, 0.2) is 303 Å². The maximum Gasteiger partial charge on any atom is 0.0713 e. The summed E-state index contributed by atoms with van der Waals surface area (Å²) in [6.07, 6.45) is 0. The third-order valence-corrected chi connectivity index (χ3v) is 18.8. The lowest BCUT2D eigenvalue weighted by Gasteiger charge is -2.34. The first-order valence-corrected chi connectivity index (χ1v) is 29.4. The van der Waals surface area contributed by atoms with Crippen LogP contribution in [0.4, 0.5) is 17.1 Å². The van der Waals surface area contributed by atoms with Gasteiger partial charge in [0.1, 0.15) is 0 Å². The summed E-state index contributed by atoms with van der Waals surface area (Å²) in [7, 11) is 0. The van der Waals surface area contributed by atoms with Crippen LogP contribution in [0.3, 0.4) is 0 Å². The zero-order chi connectivity index (χ0) is 55.7. The number of benzene rings is 13. The summed E-state index contributed by atoms with van der Waals surface area (Å²) in [6, 6.07) is 113. The van der Waals surface area contributed by atoms with Gasteiger partial charge in [-0.1, -0.05) is 269 Å². The van der Waals surface area contributed by atoms with E-state index in [2.05, 4.69) is 327 Å². The van der Waals surface area contributed by atoms with Crippen molar-refractivity contribution in [2.75, 3.05) is 4.90 Å². The maximum atomic E-state index is 2.56. The van der Waals surface area contributed by atoms with Crippen LogP contribution in [0.5, 0.6) is 0 Å². The predicted octanol–water partition coefficient (Wildman–Crippen LogP) is 21.6. The number of hydrogen-bond donors (Lipinski definition) is 0. The molecule has 13 aromatic carbocycles. The van der Waals surface area contributed by atoms with Crippen LogP contribution in [0.25, 0.3) is 105 Å². The largest absolute Gasteiger partial charge is 0.309 e. The van der Waals surface area contributed by atoms with Gasteiger partial charge in [-0.15, -0.1) is 0 Å². The fourth-order valence-corrected chi connectivity index (χ4v) is 15.2. The number of nitrogens with zero attached hydrogens (tertiary/aromatic N) is 2. The average molecular weight is 1070 g/mol. The first kappa shape index (κ1) is 48.2. The van der Waals surface area contributed by atoms with Gasteiger partial charge in [0.05, 0.1) is 33.5 Å². The molecule has 84 heavy (non-hydrogen) atoms. The third-order valence-electron chi connectivity index (χ3n) is 18.8. The molecule has 1 aromatic heterocycles. The molecule has 0 atom stereocenters. The molecule has 0 spiro atoms. The van der Waals surface area contributed by atoms with Crippen molar-refractivity contribution in [3.8, 4) is 83.6 Å². The molecule has 2 heterocycles. The van der Waals surface area contributed by atoms with Gasteiger partial charge in [-0.2, -0.15) is 0 Å². The number of para-hydroxylation sites is 3. The molecule has 0 saturated heterocycles. The Balaban J connectivity index is 0.879.